The molecule has 2 nitrogen and oxygen atoms in total. The first-order valence-corrected chi connectivity index (χ1v) is 6.33. The Hall–Kier alpha value is -0.410. The third kappa shape index (κ3) is 2.34. The van der Waals surface area contributed by atoms with Crippen LogP contribution in [0, 0.1) is 0 Å². The van der Waals surface area contributed by atoms with Crippen molar-refractivity contribution < 1.29 is 5.11 Å². The lowest BCUT2D eigenvalue weighted by atomic mass is 9.83. The van der Waals surface area contributed by atoms with E-state index in [9.17, 15) is 0 Å². The zero-order valence-electron chi connectivity index (χ0n) is 8.41. The summed E-state index contributed by atoms with van der Waals surface area (Å²) in [5.74, 6) is 0.762. The number of nitrogens with zero attached hydrogens (tertiary/aromatic N) is 1. The maximum Gasteiger partial charge on any atom is 0.0928 e. The highest BCUT2D eigenvalue weighted by atomic mass is 32.1. The third-order valence-electron chi connectivity index (χ3n) is 2.89. The standard InChI is InChI=1S/C11H17NOS/c13-7-2-1-6-11-12-10(8-14-11)9-4-3-5-9/h8-9,13H,1-7H2. The van der Waals surface area contributed by atoms with E-state index in [1.165, 1.54) is 30.0 Å². The number of aliphatic hydroxyl groups is 1. The second-order valence-electron chi connectivity index (χ2n) is 3.97. The van der Waals surface area contributed by atoms with E-state index in [0.717, 1.165) is 25.2 Å². The molecule has 14 heavy (non-hydrogen) atoms. The maximum absolute atomic E-state index is 8.67. The fourth-order valence-electron chi connectivity index (χ4n) is 1.72. The molecule has 0 amide bonds. The summed E-state index contributed by atoms with van der Waals surface area (Å²) in [6, 6.07) is 0. The van der Waals surface area contributed by atoms with E-state index >= 15 is 0 Å². The van der Waals surface area contributed by atoms with Crippen molar-refractivity contribution in [3.8, 4) is 0 Å². The minimum atomic E-state index is 0.306. The molecule has 1 aromatic rings. The first kappa shape index (κ1) is 10.1. The molecule has 1 saturated carbocycles. The molecule has 0 aromatic carbocycles. The molecule has 0 saturated heterocycles. The van der Waals surface area contributed by atoms with Crippen LogP contribution in [0.3, 0.4) is 0 Å². The van der Waals surface area contributed by atoms with Gasteiger partial charge in [0.15, 0.2) is 0 Å². The summed E-state index contributed by atoms with van der Waals surface area (Å²) >= 11 is 1.78. The lowest BCUT2D eigenvalue weighted by Gasteiger charge is -2.22. The molecule has 0 bridgehead atoms. The second kappa shape index (κ2) is 4.89. The molecular weight excluding hydrogens is 194 g/mol. The van der Waals surface area contributed by atoms with Gasteiger partial charge in [0, 0.05) is 17.9 Å². The van der Waals surface area contributed by atoms with Gasteiger partial charge in [-0.2, -0.15) is 0 Å². The molecule has 1 fully saturated rings. The van der Waals surface area contributed by atoms with E-state index in [-0.39, 0.29) is 0 Å². The van der Waals surface area contributed by atoms with E-state index in [1.54, 1.807) is 11.3 Å². The average Bonchev–Trinajstić information content (AvgIpc) is 2.51. The van der Waals surface area contributed by atoms with Crippen LogP contribution >= 0.6 is 11.3 Å². The summed E-state index contributed by atoms with van der Waals surface area (Å²) in [6.07, 6.45) is 7.05. The van der Waals surface area contributed by atoms with Crippen LogP contribution in [0.1, 0.15) is 48.7 Å². The van der Waals surface area contributed by atoms with Gasteiger partial charge >= 0.3 is 0 Å². The number of thiazole rings is 1. The largest absolute Gasteiger partial charge is 0.396 e. The molecule has 1 N–H and O–H groups in total. The van der Waals surface area contributed by atoms with Crippen LogP contribution in [0.15, 0.2) is 5.38 Å². The molecule has 1 aromatic heterocycles. The summed E-state index contributed by atoms with van der Waals surface area (Å²) in [5.41, 5.74) is 1.32. The minimum absolute atomic E-state index is 0.306. The molecule has 1 aliphatic rings. The van der Waals surface area contributed by atoms with E-state index < -0.39 is 0 Å². The van der Waals surface area contributed by atoms with Crippen molar-refractivity contribution in [3.63, 3.8) is 0 Å². The highest BCUT2D eigenvalue weighted by Gasteiger charge is 2.21. The molecule has 78 valence electrons. The van der Waals surface area contributed by atoms with Gasteiger partial charge in [0.25, 0.3) is 0 Å². The number of aryl methyl sites for hydroxylation is 1. The van der Waals surface area contributed by atoms with E-state index in [0.29, 0.717) is 6.61 Å². The van der Waals surface area contributed by atoms with Gasteiger partial charge < -0.3 is 5.11 Å². The summed E-state index contributed by atoms with van der Waals surface area (Å²) in [4.78, 5) is 4.64. The van der Waals surface area contributed by atoms with Crippen molar-refractivity contribution >= 4 is 11.3 Å². The molecule has 0 unspecified atom stereocenters. The van der Waals surface area contributed by atoms with Crippen molar-refractivity contribution in [2.75, 3.05) is 6.61 Å². The van der Waals surface area contributed by atoms with Crippen LogP contribution in [0.25, 0.3) is 0 Å². The number of rotatable bonds is 5. The smallest absolute Gasteiger partial charge is 0.0928 e. The van der Waals surface area contributed by atoms with Crippen LogP contribution in [0.4, 0.5) is 0 Å². The Kier molecular flexibility index (Phi) is 3.54. The molecule has 0 spiro atoms. The first-order valence-electron chi connectivity index (χ1n) is 5.45. The molecule has 0 radical (unpaired) electrons. The van der Waals surface area contributed by atoms with Crippen molar-refractivity contribution in [2.24, 2.45) is 0 Å². The van der Waals surface area contributed by atoms with Crippen LogP contribution in [0.2, 0.25) is 0 Å². The van der Waals surface area contributed by atoms with Gasteiger partial charge in [0.05, 0.1) is 10.7 Å². The van der Waals surface area contributed by atoms with Crippen molar-refractivity contribution in [2.45, 2.75) is 44.4 Å². The van der Waals surface area contributed by atoms with Gasteiger partial charge in [-0.05, 0) is 32.1 Å². The van der Waals surface area contributed by atoms with Gasteiger partial charge in [0.1, 0.15) is 0 Å². The van der Waals surface area contributed by atoms with Crippen LogP contribution < -0.4 is 0 Å². The zero-order chi connectivity index (χ0) is 9.80. The highest BCUT2D eigenvalue weighted by molar-refractivity contribution is 7.09. The quantitative estimate of drug-likeness (QED) is 0.760. The summed E-state index contributed by atoms with van der Waals surface area (Å²) in [7, 11) is 0. The normalized spacial score (nSPS) is 16.9. The van der Waals surface area contributed by atoms with Gasteiger partial charge in [-0.15, -0.1) is 11.3 Å². The van der Waals surface area contributed by atoms with E-state index in [1.807, 2.05) is 0 Å². The van der Waals surface area contributed by atoms with Crippen molar-refractivity contribution in [1.82, 2.24) is 4.98 Å². The Morgan fingerprint density at radius 3 is 2.93 bits per heavy atom. The van der Waals surface area contributed by atoms with Crippen LogP contribution in [-0.4, -0.2) is 16.7 Å². The predicted octanol–water partition coefficient (Wildman–Crippen LogP) is 2.73. The zero-order valence-corrected chi connectivity index (χ0v) is 9.22. The second-order valence-corrected chi connectivity index (χ2v) is 4.92. The van der Waals surface area contributed by atoms with Gasteiger partial charge in [-0.25, -0.2) is 4.98 Å². The Bertz CT molecular complexity index is 281. The van der Waals surface area contributed by atoms with E-state index in [4.69, 9.17) is 5.11 Å². The third-order valence-corrected chi connectivity index (χ3v) is 3.82. The number of unbranched alkanes of at least 4 members (excludes halogenated alkanes) is 1. The molecule has 3 heteroatoms. The van der Waals surface area contributed by atoms with Crippen molar-refractivity contribution in [3.05, 3.63) is 16.1 Å². The monoisotopic (exact) mass is 211 g/mol. The maximum atomic E-state index is 8.67. The number of hydrogen-bond acceptors (Lipinski definition) is 3. The fraction of sp³-hybridized carbons (Fsp3) is 0.727. The summed E-state index contributed by atoms with van der Waals surface area (Å²) < 4.78 is 0. The lowest BCUT2D eigenvalue weighted by molar-refractivity contribution is 0.284. The molecule has 1 aliphatic carbocycles. The number of aromatic nitrogens is 1. The highest BCUT2D eigenvalue weighted by Crippen LogP contribution is 2.36. The Morgan fingerprint density at radius 1 is 1.43 bits per heavy atom. The van der Waals surface area contributed by atoms with E-state index in [2.05, 4.69) is 10.4 Å². The molecule has 0 aliphatic heterocycles. The predicted molar refractivity (Wildman–Crippen MR) is 58.7 cm³/mol. The average molecular weight is 211 g/mol. The van der Waals surface area contributed by atoms with Crippen molar-refractivity contribution in [1.29, 1.82) is 0 Å². The molecule has 2 rings (SSSR count). The molecular formula is C11H17NOS. The van der Waals surface area contributed by atoms with Gasteiger partial charge in [-0.1, -0.05) is 6.42 Å². The number of hydrogen-bond donors (Lipinski definition) is 1. The topological polar surface area (TPSA) is 33.1 Å². The Morgan fingerprint density at radius 2 is 2.29 bits per heavy atom. The lowest BCUT2D eigenvalue weighted by Crippen LogP contribution is -2.08. The fourth-order valence-corrected chi connectivity index (χ4v) is 2.64. The first-order chi connectivity index (χ1) is 6.90. The van der Waals surface area contributed by atoms with Crippen LogP contribution in [0.5, 0.6) is 0 Å². The summed E-state index contributed by atoms with van der Waals surface area (Å²) in [5, 5.41) is 12.1. The summed E-state index contributed by atoms with van der Waals surface area (Å²) in [6.45, 7) is 0.306. The Balaban J connectivity index is 1.83. The van der Waals surface area contributed by atoms with Crippen LogP contribution in [-0.2, 0) is 6.42 Å². The molecule has 1 heterocycles. The minimum Gasteiger partial charge on any atom is -0.396 e. The van der Waals surface area contributed by atoms with Gasteiger partial charge in [0.2, 0.25) is 0 Å². The Labute approximate surface area is 89.0 Å². The molecule has 0 atom stereocenters. The SMILES string of the molecule is OCCCCc1nc(C2CCC2)cs1. The van der Waals surface area contributed by atoms with Gasteiger partial charge in [-0.3, -0.25) is 0 Å². The number of aliphatic hydroxyl groups excluding tert-OH is 1.